The standard InChI is InChI=1S/C19H25Cl2N5O2/c1-3-5-7-10-15(9-6-4-2)13-28-12-8-11-22-19(27)26-25-18-16(20)17(21)23-14-24-18/h14-15H,4,6,8-9,11-13H2,1-2H3,(H2,22,26,27)(H,23,24,25). The van der Waals surface area contributed by atoms with Crippen LogP contribution in [0.4, 0.5) is 10.6 Å². The molecule has 0 saturated carbocycles. The zero-order valence-corrected chi connectivity index (χ0v) is 17.6. The van der Waals surface area contributed by atoms with Gasteiger partial charge in [0, 0.05) is 19.1 Å². The van der Waals surface area contributed by atoms with Gasteiger partial charge in [-0.2, -0.15) is 0 Å². The summed E-state index contributed by atoms with van der Waals surface area (Å²) in [6, 6.07) is -0.421. The predicted octanol–water partition coefficient (Wildman–Crippen LogP) is 3.65. The van der Waals surface area contributed by atoms with Gasteiger partial charge < -0.3 is 10.1 Å². The molecule has 28 heavy (non-hydrogen) atoms. The zero-order chi connectivity index (χ0) is 20.6. The number of carbonyl (C=O) groups is 1. The highest BCUT2D eigenvalue weighted by molar-refractivity contribution is 6.42. The number of halogens is 2. The molecule has 0 aliphatic carbocycles. The molecule has 1 rings (SSSR count). The lowest BCUT2D eigenvalue weighted by Gasteiger charge is -2.12. The molecule has 0 aliphatic heterocycles. The van der Waals surface area contributed by atoms with Crippen molar-refractivity contribution in [1.82, 2.24) is 20.7 Å². The highest BCUT2D eigenvalue weighted by Gasteiger charge is 2.08. The molecule has 0 bridgehead atoms. The van der Waals surface area contributed by atoms with Crippen LogP contribution in [0.3, 0.4) is 0 Å². The minimum absolute atomic E-state index is 0.0993. The quantitative estimate of drug-likeness (QED) is 0.218. The fourth-order valence-electron chi connectivity index (χ4n) is 2.05. The van der Waals surface area contributed by atoms with Gasteiger partial charge in [-0.05, 0) is 31.6 Å². The van der Waals surface area contributed by atoms with E-state index in [1.807, 2.05) is 0 Å². The molecular weight excluding hydrogens is 401 g/mol. The number of anilines is 1. The van der Waals surface area contributed by atoms with Gasteiger partial charge in [0.2, 0.25) is 0 Å². The molecule has 1 unspecified atom stereocenters. The van der Waals surface area contributed by atoms with Crippen LogP contribution in [0, 0.1) is 29.6 Å². The minimum Gasteiger partial charge on any atom is -0.380 e. The number of hydrazine groups is 1. The topological polar surface area (TPSA) is 88.2 Å². The Bertz CT molecular complexity index is 737. The van der Waals surface area contributed by atoms with E-state index in [9.17, 15) is 4.79 Å². The van der Waals surface area contributed by atoms with Crippen LogP contribution in [0.15, 0.2) is 6.33 Å². The monoisotopic (exact) mass is 425 g/mol. The van der Waals surface area contributed by atoms with E-state index < -0.39 is 6.03 Å². The molecule has 0 radical (unpaired) electrons. The first kappa shape index (κ1) is 23.8. The number of carbonyl (C=O) groups excluding carboxylic acids is 1. The number of urea groups is 1. The van der Waals surface area contributed by atoms with E-state index in [4.69, 9.17) is 27.9 Å². The Labute approximate surface area is 176 Å². The number of ether oxygens (including phenoxy) is 1. The number of hydrogen-bond donors (Lipinski definition) is 3. The summed E-state index contributed by atoms with van der Waals surface area (Å²) in [6.45, 7) is 5.47. The van der Waals surface area contributed by atoms with Crippen molar-refractivity contribution in [2.24, 2.45) is 5.92 Å². The molecule has 1 atom stereocenters. The lowest BCUT2D eigenvalue weighted by Crippen LogP contribution is -2.40. The average Bonchev–Trinajstić information content (AvgIpc) is 2.69. The summed E-state index contributed by atoms with van der Waals surface area (Å²) in [7, 11) is 0. The molecular formula is C19H25Cl2N5O2. The van der Waals surface area contributed by atoms with Gasteiger partial charge in [0.1, 0.15) is 11.3 Å². The smallest absolute Gasteiger partial charge is 0.333 e. The molecule has 0 spiro atoms. The van der Waals surface area contributed by atoms with Crippen molar-refractivity contribution < 1.29 is 9.53 Å². The Morgan fingerprint density at radius 2 is 2.11 bits per heavy atom. The fraction of sp³-hybridized carbons (Fsp3) is 0.526. The Balaban J connectivity index is 2.19. The van der Waals surface area contributed by atoms with Crippen molar-refractivity contribution in [1.29, 1.82) is 0 Å². The molecule has 0 fully saturated rings. The Hall–Kier alpha value is -2.19. The Morgan fingerprint density at radius 1 is 1.29 bits per heavy atom. The number of hydrogen-bond acceptors (Lipinski definition) is 5. The average molecular weight is 426 g/mol. The van der Waals surface area contributed by atoms with Gasteiger partial charge in [-0.15, -0.1) is 0 Å². The molecule has 7 nitrogen and oxygen atoms in total. The summed E-state index contributed by atoms with van der Waals surface area (Å²) in [6.07, 6.45) is 5.14. The molecule has 0 aromatic carbocycles. The van der Waals surface area contributed by atoms with E-state index in [1.54, 1.807) is 6.92 Å². The summed E-state index contributed by atoms with van der Waals surface area (Å²) < 4.78 is 5.68. The Morgan fingerprint density at radius 3 is 2.86 bits per heavy atom. The van der Waals surface area contributed by atoms with Gasteiger partial charge in [0.05, 0.1) is 6.61 Å². The molecule has 0 aliphatic rings. The second kappa shape index (κ2) is 14.8. The van der Waals surface area contributed by atoms with Crippen LogP contribution in [0.2, 0.25) is 10.2 Å². The van der Waals surface area contributed by atoms with Crippen molar-refractivity contribution >= 4 is 35.1 Å². The Kier molecular flexibility index (Phi) is 12.6. The van der Waals surface area contributed by atoms with Crippen LogP contribution in [0.1, 0.15) is 39.5 Å². The zero-order valence-electron chi connectivity index (χ0n) is 16.1. The SMILES string of the molecule is CC#CC#CC(CCCC)COCCCNC(=O)NNc1ncnc(Cl)c1Cl. The summed E-state index contributed by atoms with van der Waals surface area (Å²) in [5, 5.41) is 2.92. The number of nitrogens with one attached hydrogen (secondary N) is 3. The summed E-state index contributed by atoms with van der Waals surface area (Å²) in [5.41, 5.74) is 5.00. The number of amides is 2. The van der Waals surface area contributed by atoms with Crippen molar-refractivity contribution in [3.63, 3.8) is 0 Å². The van der Waals surface area contributed by atoms with E-state index in [-0.39, 0.29) is 21.9 Å². The van der Waals surface area contributed by atoms with Gasteiger partial charge in [0.25, 0.3) is 0 Å². The van der Waals surface area contributed by atoms with Crippen LogP contribution in [0.25, 0.3) is 0 Å². The molecule has 0 saturated heterocycles. The largest absolute Gasteiger partial charge is 0.380 e. The number of nitrogens with zero attached hydrogens (tertiary/aromatic N) is 2. The molecule has 1 aromatic rings. The number of unbranched alkanes of at least 4 members (excludes halogenated alkanes) is 1. The van der Waals surface area contributed by atoms with Gasteiger partial charge in [-0.1, -0.05) is 54.8 Å². The van der Waals surface area contributed by atoms with Gasteiger partial charge in [-0.25, -0.2) is 14.8 Å². The van der Waals surface area contributed by atoms with E-state index >= 15 is 0 Å². The third-order valence-corrected chi connectivity index (χ3v) is 4.22. The second-order valence-electron chi connectivity index (χ2n) is 5.74. The van der Waals surface area contributed by atoms with Crippen LogP contribution in [-0.4, -0.2) is 35.8 Å². The summed E-state index contributed by atoms with van der Waals surface area (Å²) in [5.74, 6) is 11.9. The van der Waals surface area contributed by atoms with Gasteiger partial charge >= 0.3 is 6.03 Å². The number of rotatable bonds is 11. The van der Waals surface area contributed by atoms with E-state index in [0.29, 0.717) is 26.2 Å². The first-order chi connectivity index (χ1) is 13.6. The molecule has 1 aromatic heterocycles. The normalized spacial score (nSPS) is 10.7. The van der Waals surface area contributed by atoms with Crippen molar-refractivity contribution in [3.05, 3.63) is 16.5 Å². The van der Waals surface area contributed by atoms with Gasteiger partial charge in [0.15, 0.2) is 11.0 Å². The molecule has 3 N–H and O–H groups in total. The third-order valence-electron chi connectivity index (χ3n) is 3.48. The maximum absolute atomic E-state index is 11.7. The lowest BCUT2D eigenvalue weighted by atomic mass is 10.0. The number of aromatic nitrogens is 2. The highest BCUT2D eigenvalue weighted by atomic mass is 35.5. The first-order valence-electron chi connectivity index (χ1n) is 9.04. The second-order valence-corrected chi connectivity index (χ2v) is 6.48. The van der Waals surface area contributed by atoms with Crippen LogP contribution >= 0.6 is 23.2 Å². The van der Waals surface area contributed by atoms with Crippen molar-refractivity contribution in [2.45, 2.75) is 39.5 Å². The fourth-order valence-corrected chi connectivity index (χ4v) is 2.32. The van der Waals surface area contributed by atoms with Gasteiger partial charge in [-0.3, -0.25) is 10.9 Å². The molecule has 152 valence electrons. The molecule has 2 amide bonds. The van der Waals surface area contributed by atoms with Crippen LogP contribution < -0.4 is 16.2 Å². The third kappa shape index (κ3) is 10.2. The van der Waals surface area contributed by atoms with E-state index in [2.05, 4.69) is 56.7 Å². The maximum atomic E-state index is 11.7. The highest BCUT2D eigenvalue weighted by Crippen LogP contribution is 2.24. The molecule has 1 heterocycles. The van der Waals surface area contributed by atoms with E-state index in [1.165, 1.54) is 6.33 Å². The van der Waals surface area contributed by atoms with Crippen LogP contribution in [-0.2, 0) is 4.74 Å². The molecule has 9 heteroatoms. The minimum atomic E-state index is -0.421. The van der Waals surface area contributed by atoms with Crippen molar-refractivity contribution in [3.8, 4) is 23.7 Å². The predicted molar refractivity (Wildman–Crippen MR) is 112 cm³/mol. The maximum Gasteiger partial charge on any atom is 0.333 e. The first-order valence-corrected chi connectivity index (χ1v) is 9.79. The lowest BCUT2D eigenvalue weighted by molar-refractivity contribution is 0.110. The van der Waals surface area contributed by atoms with E-state index in [0.717, 1.165) is 19.3 Å². The van der Waals surface area contributed by atoms with Crippen LogP contribution in [0.5, 0.6) is 0 Å². The van der Waals surface area contributed by atoms with Crippen molar-refractivity contribution in [2.75, 3.05) is 25.2 Å². The summed E-state index contributed by atoms with van der Waals surface area (Å²) in [4.78, 5) is 19.3. The summed E-state index contributed by atoms with van der Waals surface area (Å²) >= 11 is 11.7.